The van der Waals surface area contributed by atoms with Crippen LogP contribution in [0.2, 0.25) is 0 Å². The maximum Gasteiger partial charge on any atom is 0.223 e. The summed E-state index contributed by atoms with van der Waals surface area (Å²) in [4.78, 5) is 15.5. The Morgan fingerprint density at radius 3 is 2.15 bits per heavy atom. The van der Waals surface area contributed by atoms with E-state index in [4.69, 9.17) is 0 Å². The molecule has 0 N–H and O–H groups in total. The number of carbonyl (C=O) groups excluding carboxylic acids is 1. The molecule has 1 aliphatic rings. The number of nitrogens with zero attached hydrogens (tertiary/aromatic N) is 2. The highest BCUT2D eigenvalue weighted by Crippen LogP contribution is 2.46. The maximum atomic E-state index is 13.5. The fraction of sp³-hybridized carbons (Fsp3) is 0.333. The minimum Gasteiger partial charge on any atom is -0.336 e. The van der Waals surface area contributed by atoms with E-state index >= 15 is 0 Å². The zero-order valence-corrected chi connectivity index (χ0v) is 20.1. The average Bonchev–Trinajstić information content (AvgIpc) is 2.85. The number of halogens is 1. The summed E-state index contributed by atoms with van der Waals surface area (Å²) >= 11 is 0. The summed E-state index contributed by atoms with van der Waals surface area (Å²) in [6.07, 6.45) is 1.88. The summed E-state index contributed by atoms with van der Waals surface area (Å²) in [5, 5.41) is 9.70. The van der Waals surface area contributed by atoms with Crippen LogP contribution in [-0.2, 0) is 10.2 Å². The number of benzene rings is 3. The van der Waals surface area contributed by atoms with Gasteiger partial charge in [0.05, 0.1) is 17.5 Å². The summed E-state index contributed by atoms with van der Waals surface area (Å²) in [5.41, 5.74) is 3.34. The molecule has 0 aliphatic carbocycles. The first-order valence-corrected chi connectivity index (χ1v) is 11.9. The van der Waals surface area contributed by atoms with Gasteiger partial charge in [-0.05, 0) is 68.0 Å². The lowest BCUT2D eigenvalue weighted by atomic mass is 9.64. The molecule has 1 amide bonds. The van der Waals surface area contributed by atoms with Crippen LogP contribution in [0.5, 0.6) is 0 Å². The third-order valence-corrected chi connectivity index (χ3v) is 7.15. The SMILES string of the molecule is C[C@@H](c1ccc(-c2ccc(F)cc2)cc1)N1CC[C@@](CC(C)(C)C#N)(c2ccccc2)CC1=O. The van der Waals surface area contributed by atoms with Crippen molar-refractivity contribution >= 4 is 5.91 Å². The van der Waals surface area contributed by atoms with Gasteiger partial charge in [0.25, 0.3) is 0 Å². The Bertz CT molecular complexity index is 1180. The number of likely N-dealkylation sites (tertiary alicyclic amines) is 1. The van der Waals surface area contributed by atoms with Crippen LogP contribution in [0.1, 0.15) is 57.2 Å². The van der Waals surface area contributed by atoms with Crippen LogP contribution in [-0.4, -0.2) is 17.4 Å². The molecular formula is C30H31FN2O. The number of hydrogen-bond acceptors (Lipinski definition) is 2. The Morgan fingerprint density at radius 1 is 1.00 bits per heavy atom. The number of amides is 1. The minimum absolute atomic E-state index is 0.0486. The molecule has 0 unspecified atom stereocenters. The van der Waals surface area contributed by atoms with Crippen molar-refractivity contribution in [2.24, 2.45) is 5.41 Å². The molecule has 0 spiro atoms. The van der Waals surface area contributed by atoms with E-state index < -0.39 is 5.41 Å². The first kappa shape index (κ1) is 23.7. The largest absolute Gasteiger partial charge is 0.336 e. The summed E-state index contributed by atoms with van der Waals surface area (Å²) in [7, 11) is 0. The van der Waals surface area contributed by atoms with Crippen LogP contribution in [0, 0.1) is 22.6 Å². The molecule has 0 saturated carbocycles. The van der Waals surface area contributed by atoms with E-state index in [-0.39, 0.29) is 23.2 Å². The van der Waals surface area contributed by atoms with Crippen molar-refractivity contribution in [2.75, 3.05) is 6.54 Å². The number of rotatable bonds is 6. The van der Waals surface area contributed by atoms with Gasteiger partial charge in [-0.25, -0.2) is 4.39 Å². The number of carbonyl (C=O) groups is 1. The van der Waals surface area contributed by atoms with Gasteiger partial charge in [-0.15, -0.1) is 0 Å². The number of hydrogen-bond donors (Lipinski definition) is 0. The zero-order valence-electron chi connectivity index (χ0n) is 20.1. The lowest BCUT2D eigenvalue weighted by Crippen LogP contribution is -2.48. The highest BCUT2D eigenvalue weighted by Gasteiger charge is 2.44. The summed E-state index contributed by atoms with van der Waals surface area (Å²) < 4.78 is 13.2. The van der Waals surface area contributed by atoms with Gasteiger partial charge >= 0.3 is 0 Å². The van der Waals surface area contributed by atoms with Gasteiger partial charge < -0.3 is 4.90 Å². The molecule has 0 radical (unpaired) electrons. The van der Waals surface area contributed by atoms with Crippen molar-refractivity contribution in [3.8, 4) is 17.2 Å². The van der Waals surface area contributed by atoms with E-state index in [1.54, 1.807) is 12.1 Å². The van der Waals surface area contributed by atoms with Crippen molar-refractivity contribution in [3.05, 3.63) is 95.8 Å². The molecule has 1 fully saturated rings. The summed E-state index contributed by atoms with van der Waals surface area (Å²) in [6, 6.07) is 27.2. The van der Waals surface area contributed by atoms with Crippen molar-refractivity contribution < 1.29 is 9.18 Å². The monoisotopic (exact) mass is 454 g/mol. The zero-order chi connectivity index (χ0) is 24.3. The topological polar surface area (TPSA) is 44.1 Å². The smallest absolute Gasteiger partial charge is 0.223 e. The quantitative estimate of drug-likeness (QED) is 0.400. The molecule has 4 heteroatoms. The van der Waals surface area contributed by atoms with Crippen LogP contribution in [0.15, 0.2) is 78.9 Å². The molecule has 3 aromatic carbocycles. The van der Waals surface area contributed by atoms with E-state index in [9.17, 15) is 14.4 Å². The second-order valence-electron chi connectivity index (χ2n) is 10.1. The first-order valence-electron chi connectivity index (χ1n) is 11.9. The third-order valence-electron chi connectivity index (χ3n) is 7.15. The second-order valence-corrected chi connectivity index (χ2v) is 10.1. The van der Waals surface area contributed by atoms with E-state index in [2.05, 4.69) is 37.3 Å². The molecule has 1 aliphatic heterocycles. The molecule has 3 aromatic rings. The molecule has 2 atom stereocenters. The van der Waals surface area contributed by atoms with Gasteiger partial charge in [0, 0.05) is 18.4 Å². The minimum atomic E-state index is -0.514. The van der Waals surface area contributed by atoms with E-state index in [1.807, 2.05) is 49.1 Å². The van der Waals surface area contributed by atoms with Crippen LogP contribution >= 0.6 is 0 Å². The lowest BCUT2D eigenvalue weighted by Gasteiger charge is -2.46. The van der Waals surface area contributed by atoms with Crippen molar-refractivity contribution in [1.29, 1.82) is 5.26 Å². The molecule has 1 heterocycles. The Hall–Kier alpha value is -3.45. The van der Waals surface area contributed by atoms with Crippen LogP contribution in [0.25, 0.3) is 11.1 Å². The van der Waals surface area contributed by atoms with Gasteiger partial charge in [0.15, 0.2) is 0 Å². The highest BCUT2D eigenvalue weighted by molar-refractivity contribution is 5.79. The van der Waals surface area contributed by atoms with Crippen LogP contribution in [0.3, 0.4) is 0 Å². The highest BCUT2D eigenvalue weighted by atomic mass is 19.1. The van der Waals surface area contributed by atoms with Gasteiger partial charge in [0.1, 0.15) is 5.82 Å². The molecule has 1 saturated heterocycles. The summed E-state index contributed by atoms with van der Waals surface area (Å²) in [6.45, 7) is 6.63. The standard InChI is InChI=1S/C30H31FN2O/c1-22(23-9-11-24(12-10-23)25-13-15-27(31)16-14-25)33-18-17-30(19-28(33)34,20-29(2,3)21-32)26-7-5-4-6-8-26/h4-16,22H,17-20H2,1-3H3/t22-,30+/m0/s1. The average molecular weight is 455 g/mol. The molecule has 0 aromatic heterocycles. The van der Waals surface area contributed by atoms with E-state index in [0.717, 1.165) is 28.7 Å². The second kappa shape index (κ2) is 9.43. The first-order chi connectivity index (χ1) is 16.2. The van der Waals surface area contributed by atoms with Gasteiger partial charge in [-0.1, -0.05) is 66.7 Å². The Balaban J connectivity index is 1.54. The molecule has 34 heavy (non-hydrogen) atoms. The predicted molar refractivity (Wildman–Crippen MR) is 133 cm³/mol. The van der Waals surface area contributed by atoms with Crippen molar-refractivity contribution in [1.82, 2.24) is 4.90 Å². The number of piperidine rings is 1. The van der Waals surface area contributed by atoms with Crippen LogP contribution in [0.4, 0.5) is 4.39 Å². The Morgan fingerprint density at radius 2 is 1.59 bits per heavy atom. The maximum absolute atomic E-state index is 13.5. The van der Waals surface area contributed by atoms with Crippen LogP contribution < -0.4 is 0 Å². The van der Waals surface area contributed by atoms with Crippen molar-refractivity contribution in [2.45, 2.75) is 51.5 Å². The third kappa shape index (κ3) is 4.89. The van der Waals surface area contributed by atoms with E-state index in [0.29, 0.717) is 19.4 Å². The summed E-state index contributed by atoms with van der Waals surface area (Å²) in [5.74, 6) is -0.124. The molecule has 0 bridgehead atoms. The number of nitriles is 1. The molecular weight excluding hydrogens is 423 g/mol. The molecule has 174 valence electrons. The van der Waals surface area contributed by atoms with Gasteiger partial charge in [0.2, 0.25) is 5.91 Å². The fourth-order valence-electron chi connectivity index (χ4n) is 5.30. The van der Waals surface area contributed by atoms with Gasteiger partial charge in [-0.3, -0.25) is 4.79 Å². The Kier molecular flexibility index (Phi) is 6.57. The van der Waals surface area contributed by atoms with E-state index in [1.165, 1.54) is 12.1 Å². The Labute approximate surface area is 201 Å². The van der Waals surface area contributed by atoms with Crippen molar-refractivity contribution in [3.63, 3.8) is 0 Å². The predicted octanol–water partition coefficient (Wildman–Crippen LogP) is 7.05. The normalized spacial score (nSPS) is 19.5. The van der Waals surface area contributed by atoms with Gasteiger partial charge in [-0.2, -0.15) is 5.26 Å². The lowest BCUT2D eigenvalue weighted by molar-refractivity contribution is -0.138. The molecule has 3 nitrogen and oxygen atoms in total. The molecule has 4 rings (SSSR count). The fourth-order valence-corrected chi connectivity index (χ4v) is 5.30.